The highest BCUT2D eigenvalue weighted by Gasteiger charge is 2.04. The van der Waals surface area contributed by atoms with Gasteiger partial charge in [-0.3, -0.25) is 0 Å². The monoisotopic (exact) mass is 272 g/mol. The summed E-state index contributed by atoms with van der Waals surface area (Å²) in [5.41, 5.74) is 0.986. The van der Waals surface area contributed by atoms with Crippen molar-refractivity contribution in [2.75, 3.05) is 11.9 Å². The number of halogens is 1. The van der Waals surface area contributed by atoms with Crippen molar-refractivity contribution in [3.63, 3.8) is 0 Å². The van der Waals surface area contributed by atoms with Gasteiger partial charge in [-0.2, -0.15) is 0 Å². The Morgan fingerprint density at radius 2 is 2.57 bits per heavy atom. The number of anilines is 1. The zero-order valence-electron chi connectivity index (χ0n) is 7.62. The molecule has 0 amide bonds. The van der Waals surface area contributed by atoms with Crippen LogP contribution in [0.3, 0.4) is 0 Å². The molecular formula is C8H9BrN4S. The zero-order chi connectivity index (χ0) is 10.1. The summed E-state index contributed by atoms with van der Waals surface area (Å²) in [5, 5.41) is 8.30. The summed E-state index contributed by atoms with van der Waals surface area (Å²) in [5.74, 6) is 0. The van der Waals surface area contributed by atoms with E-state index in [2.05, 4.69) is 37.9 Å². The molecule has 0 aliphatic carbocycles. The molecule has 0 atom stereocenters. The van der Waals surface area contributed by atoms with E-state index in [0.29, 0.717) is 6.54 Å². The number of aryl methyl sites for hydroxylation is 1. The molecule has 6 heteroatoms. The average Bonchev–Trinajstić information content (AvgIpc) is 2.57. The van der Waals surface area contributed by atoms with Gasteiger partial charge in [0.15, 0.2) is 0 Å². The van der Waals surface area contributed by atoms with Gasteiger partial charge in [0, 0.05) is 11.0 Å². The maximum atomic E-state index is 4.31. The van der Waals surface area contributed by atoms with Crippen molar-refractivity contribution in [2.45, 2.75) is 6.92 Å². The molecule has 0 spiro atoms. The van der Waals surface area contributed by atoms with Gasteiger partial charge in [0.2, 0.25) is 10.1 Å². The molecule has 4 nitrogen and oxygen atoms in total. The van der Waals surface area contributed by atoms with Gasteiger partial charge in [-0.05, 0) is 6.92 Å². The lowest BCUT2D eigenvalue weighted by Gasteiger charge is -1.97. The Hall–Kier alpha value is -0.880. The van der Waals surface area contributed by atoms with E-state index in [-0.39, 0.29) is 0 Å². The van der Waals surface area contributed by atoms with E-state index < -0.39 is 0 Å². The molecule has 0 saturated carbocycles. The summed E-state index contributed by atoms with van der Waals surface area (Å²) >= 11 is 4.80. The van der Waals surface area contributed by atoms with Gasteiger partial charge in [0.05, 0.1) is 11.9 Å². The smallest absolute Gasteiger partial charge is 0.214 e. The number of hydrogen-bond acceptors (Lipinski definition) is 4. The molecule has 0 aromatic carbocycles. The summed E-state index contributed by atoms with van der Waals surface area (Å²) in [6.07, 6.45) is 1.90. The van der Waals surface area contributed by atoms with Gasteiger partial charge in [-0.15, -0.1) is 5.10 Å². The highest BCUT2D eigenvalue weighted by atomic mass is 79.9. The number of fused-ring (bicyclic) bond motifs is 1. The molecule has 2 rings (SSSR count). The topological polar surface area (TPSA) is 42.2 Å². The Morgan fingerprint density at radius 1 is 1.79 bits per heavy atom. The van der Waals surface area contributed by atoms with Crippen molar-refractivity contribution in [1.29, 1.82) is 0 Å². The normalized spacial score (nSPS) is 10.7. The molecule has 1 N–H and O–H groups in total. The van der Waals surface area contributed by atoms with Crippen LogP contribution in [-0.2, 0) is 0 Å². The largest absolute Gasteiger partial charge is 0.355 e. The average molecular weight is 273 g/mol. The van der Waals surface area contributed by atoms with E-state index in [1.165, 1.54) is 11.3 Å². The molecule has 0 radical (unpaired) electrons. The molecular weight excluding hydrogens is 264 g/mol. The van der Waals surface area contributed by atoms with Crippen LogP contribution in [0.1, 0.15) is 5.69 Å². The van der Waals surface area contributed by atoms with Crippen molar-refractivity contribution >= 4 is 37.4 Å². The number of imidazole rings is 1. The zero-order valence-corrected chi connectivity index (χ0v) is 10.0. The lowest BCUT2D eigenvalue weighted by molar-refractivity contribution is 0.968. The molecule has 0 aliphatic heterocycles. The number of hydrogen-bond donors (Lipinski definition) is 1. The first-order valence-electron chi connectivity index (χ1n) is 4.05. The minimum atomic E-state index is 0.676. The third kappa shape index (κ3) is 1.96. The van der Waals surface area contributed by atoms with Crippen LogP contribution in [0.25, 0.3) is 4.96 Å². The Balaban J connectivity index is 2.19. The van der Waals surface area contributed by atoms with Crippen molar-refractivity contribution in [3.05, 3.63) is 23.0 Å². The van der Waals surface area contributed by atoms with Gasteiger partial charge in [0.1, 0.15) is 0 Å². The molecule has 2 aromatic rings. The summed E-state index contributed by atoms with van der Waals surface area (Å²) in [4.78, 5) is 5.21. The van der Waals surface area contributed by atoms with Crippen LogP contribution in [0.2, 0.25) is 0 Å². The second kappa shape index (κ2) is 3.70. The van der Waals surface area contributed by atoms with E-state index in [9.17, 15) is 0 Å². The van der Waals surface area contributed by atoms with E-state index >= 15 is 0 Å². The lowest BCUT2D eigenvalue weighted by atomic mass is 10.6. The van der Waals surface area contributed by atoms with Gasteiger partial charge in [-0.1, -0.05) is 33.8 Å². The molecule has 2 aromatic heterocycles. The fourth-order valence-electron chi connectivity index (χ4n) is 1.05. The van der Waals surface area contributed by atoms with E-state index in [4.69, 9.17) is 0 Å². The Bertz CT molecular complexity index is 441. The molecule has 0 saturated heterocycles. The Labute approximate surface area is 93.8 Å². The van der Waals surface area contributed by atoms with Crippen LogP contribution in [0.15, 0.2) is 17.3 Å². The van der Waals surface area contributed by atoms with Crippen molar-refractivity contribution in [2.24, 2.45) is 0 Å². The number of aromatic nitrogens is 3. The van der Waals surface area contributed by atoms with Crippen LogP contribution in [0.5, 0.6) is 0 Å². The van der Waals surface area contributed by atoms with E-state index in [0.717, 1.165) is 20.3 Å². The predicted molar refractivity (Wildman–Crippen MR) is 62.2 cm³/mol. The number of rotatable bonds is 3. The summed E-state index contributed by atoms with van der Waals surface area (Å²) < 4.78 is 2.68. The van der Waals surface area contributed by atoms with Crippen LogP contribution in [0.4, 0.5) is 5.13 Å². The van der Waals surface area contributed by atoms with Crippen LogP contribution < -0.4 is 5.32 Å². The highest BCUT2D eigenvalue weighted by molar-refractivity contribution is 9.11. The van der Waals surface area contributed by atoms with Crippen molar-refractivity contribution in [1.82, 2.24) is 14.6 Å². The van der Waals surface area contributed by atoms with E-state index in [1.54, 1.807) is 4.52 Å². The molecule has 74 valence electrons. The van der Waals surface area contributed by atoms with Gasteiger partial charge in [0.25, 0.3) is 0 Å². The minimum Gasteiger partial charge on any atom is -0.355 e. The fourth-order valence-corrected chi connectivity index (χ4v) is 2.02. The molecule has 0 unspecified atom stereocenters. The first kappa shape index (κ1) is 9.67. The van der Waals surface area contributed by atoms with Gasteiger partial charge in [-0.25, -0.2) is 9.50 Å². The molecule has 0 bridgehead atoms. The first-order valence-corrected chi connectivity index (χ1v) is 5.66. The number of nitrogens with zero attached hydrogens (tertiary/aromatic N) is 3. The van der Waals surface area contributed by atoms with Crippen molar-refractivity contribution in [3.8, 4) is 0 Å². The SMILES string of the molecule is C=C(Br)CNc1nn2cc(C)nc2s1. The van der Waals surface area contributed by atoms with Gasteiger partial charge < -0.3 is 5.32 Å². The van der Waals surface area contributed by atoms with Crippen LogP contribution >= 0.6 is 27.3 Å². The lowest BCUT2D eigenvalue weighted by Crippen LogP contribution is -2.00. The van der Waals surface area contributed by atoms with Gasteiger partial charge >= 0.3 is 0 Å². The maximum absolute atomic E-state index is 4.31. The standard InChI is InChI=1S/C8H9BrN4S/c1-5(9)3-10-7-12-13-4-6(2)11-8(13)14-7/h4H,1,3H2,2H3,(H,10,12). The molecule has 14 heavy (non-hydrogen) atoms. The second-order valence-electron chi connectivity index (χ2n) is 2.89. The predicted octanol–water partition coefficient (Wildman–Crippen LogP) is 2.42. The Morgan fingerprint density at radius 3 is 3.21 bits per heavy atom. The highest BCUT2D eigenvalue weighted by Crippen LogP contribution is 2.19. The van der Waals surface area contributed by atoms with E-state index in [1.807, 2.05) is 13.1 Å². The second-order valence-corrected chi connectivity index (χ2v) is 4.96. The Kier molecular flexibility index (Phi) is 2.56. The summed E-state index contributed by atoms with van der Waals surface area (Å²) in [6.45, 7) is 6.36. The summed E-state index contributed by atoms with van der Waals surface area (Å²) in [6, 6.07) is 0. The van der Waals surface area contributed by atoms with Crippen molar-refractivity contribution < 1.29 is 0 Å². The van der Waals surface area contributed by atoms with Crippen LogP contribution in [-0.4, -0.2) is 21.1 Å². The number of nitrogens with one attached hydrogen (secondary N) is 1. The van der Waals surface area contributed by atoms with Crippen LogP contribution in [0, 0.1) is 6.92 Å². The quantitative estimate of drug-likeness (QED) is 0.933. The fraction of sp³-hybridized carbons (Fsp3) is 0.250. The third-order valence-electron chi connectivity index (χ3n) is 1.60. The molecule has 0 aliphatic rings. The first-order chi connectivity index (χ1) is 6.65. The maximum Gasteiger partial charge on any atom is 0.214 e. The molecule has 2 heterocycles. The third-order valence-corrected chi connectivity index (χ3v) is 2.76. The minimum absolute atomic E-state index is 0.676. The molecule has 0 fully saturated rings. The summed E-state index contributed by atoms with van der Waals surface area (Å²) in [7, 11) is 0.